The van der Waals surface area contributed by atoms with Crippen LogP contribution in [-0.2, 0) is 14.3 Å². The molecule has 328 valence electrons. The van der Waals surface area contributed by atoms with Crippen LogP contribution in [0.25, 0.3) is 0 Å². The number of ether oxygens (including phenoxy) is 1. The average molecular weight is 796 g/mol. The summed E-state index contributed by atoms with van der Waals surface area (Å²) in [5, 5.41) is 23.6. The third-order valence-electron chi connectivity index (χ3n) is 10.3. The van der Waals surface area contributed by atoms with Crippen molar-refractivity contribution < 1.29 is 24.5 Å². The summed E-state index contributed by atoms with van der Waals surface area (Å²) in [4.78, 5) is 26.0. The zero-order valence-corrected chi connectivity index (χ0v) is 37.2. The molecule has 0 aromatic rings. The molecule has 0 saturated carbocycles. The summed E-state index contributed by atoms with van der Waals surface area (Å²) in [5.41, 5.74) is 0. The number of nitrogens with one attached hydrogen (secondary N) is 1. The smallest absolute Gasteiger partial charge is 0.306 e. The molecule has 0 radical (unpaired) electrons. The quantitative estimate of drug-likeness (QED) is 0.0325. The summed E-state index contributed by atoms with van der Waals surface area (Å²) in [6.45, 7) is 6.30. The number of aliphatic hydroxyl groups excluding tert-OH is 2. The van der Waals surface area contributed by atoms with E-state index in [1.165, 1.54) is 83.5 Å². The van der Waals surface area contributed by atoms with Crippen molar-refractivity contribution in [3.05, 3.63) is 72.9 Å². The highest BCUT2D eigenvalue weighted by atomic mass is 16.5. The highest BCUT2D eigenvalue weighted by Gasteiger charge is 2.23. The van der Waals surface area contributed by atoms with Gasteiger partial charge in [0.2, 0.25) is 5.91 Å². The number of rotatable bonds is 41. The Balaban J connectivity index is 4.79. The normalized spacial score (nSPS) is 14.0. The van der Waals surface area contributed by atoms with Gasteiger partial charge < -0.3 is 20.3 Å². The molecule has 0 aromatic carbocycles. The molecule has 6 nitrogen and oxygen atoms in total. The lowest BCUT2D eigenvalue weighted by atomic mass is 10.0. The van der Waals surface area contributed by atoms with Crippen molar-refractivity contribution in [2.45, 2.75) is 232 Å². The minimum absolute atomic E-state index is 0.00909. The standard InChI is InChI=1S/C51H89NO5/c1-4-7-10-13-16-19-21-23-25-26-28-31-33-36-39-42-47(57-51(56)44-41-38-35-32-29-27-24-22-20-17-14-11-8-5-2)45-50(55)52-48(46-53)49(54)43-40-37-34-30-18-15-12-9-6-3/h7,10,16,19,23,25,27-29,31,36,39,47-49,53-54H,4-6,8-9,11-15,17-18,20-22,24,26,30,32-35,37-38,40-46H2,1-3H3,(H,52,55)/b10-7-,19-16-,25-23-,29-27-,31-28-,39-36-. The van der Waals surface area contributed by atoms with Gasteiger partial charge in [-0.15, -0.1) is 0 Å². The summed E-state index contributed by atoms with van der Waals surface area (Å²) in [5.74, 6) is -0.604. The molecule has 6 heteroatoms. The van der Waals surface area contributed by atoms with Crippen LogP contribution in [0.3, 0.4) is 0 Å². The van der Waals surface area contributed by atoms with Crippen LogP contribution in [0, 0.1) is 0 Å². The van der Waals surface area contributed by atoms with Gasteiger partial charge in [0.25, 0.3) is 0 Å². The largest absolute Gasteiger partial charge is 0.461 e. The highest BCUT2D eigenvalue weighted by molar-refractivity contribution is 5.77. The number of esters is 1. The zero-order chi connectivity index (χ0) is 41.7. The molecule has 0 saturated heterocycles. The first-order valence-corrected chi connectivity index (χ1v) is 23.7. The van der Waals surface area contributed by atoms with E-state index in [1.807, 2.05) is 12.2 Å². The first-order chi connectivity index (χ1) is 28.0. The van der Waals surface area contributed by atoms with Crippen molar-refractivity contribution in [3.63, 3.8) is 0 Å². The molecule has 0 aliphatic carbocycles. The van der Waals surface area contributed by atoms with Crippen LogP contribution in [0.5, 0.6) is 0 Å². The van der Waals surface area contributed by atoms with Crippen LogP contribution in [0.4, 0.5) is 0 Å². The molecule has 0 aliphatic heterocycles. The maximum atomic E-state index is 13.1. The maximum absolute atomic E-state index is 13.1. The van der Waals surface area contributed by atoms with E-state index < -0.39 is 18.2 Å². The minimum Gasteiger partial charge on any atom is -0.461 e. The molecule has 57 heavy (non-hydrogen) atoms. The van der Waals surface area contributed by atoms with E-state index in [1.54, 1.807) is 0 Å². The van der Waals surface area contributed by atoms with Gasteiger partial charge in [0.15, 0.2) is 0 Å². The maximum Gasteiger partial charge on any atom is 0.306 e. The van der Waals surface area contributed by atoms with Gasteiger partial charge in [0.1, 0.15) is 6.10 Å². The molecular weight excluding hydrogens is 707 g/mol. The Labute approximate surface area is 351 Å². The monoisotopic (exact) mass is 796 g/mol. The van der Waals surface area contributed by atoms with Crippen molar-refractivity contribution in [2.24, 2.45) is 0 Å². The number of allylic oxidation sites excluding steroid dienone is 11. The highest BCUT2D eigenvalue weighted by Crippen LogP contribution is 2.15. The van der Waals surface area contributed by atoms with E-state index in [2.05, 4.69) is 86.8 Å². The number of aliphatic hydroxyl groups is 2. The van der Waals surface area contributed by atoms with E-state index in [0.717, 1.165) is 83.5 Å². The fourth-order valence-corrected chi connectivity index (χ4v) is 6.68. The first kappa shape index (κ1) is 54.3. The van der Waals surface area contributed by atoms with E-state index >= 15 is 0 Å². The zero-order valence-electron chi connectivity index (χ0n) is 37.2. The van der Waals surface area contributed by atoms with Crippen LogP contribution in [0.1, 0.15) is 213 Å². The summed E-state index contributed by atoms with van der Waals surface area (Å²) in [6, 6.07) is -0.735. The van der Waals surface area contributed by atoms with Gasteiger partial charge in [-0.1, -0.05) is 196 Å². The van der Waals surface area contributed by atoms with Gasteiger partial charge in [-0.2, -0.15) is 0 Å². The molecule has 3 unspecified atom stereocenters. The summed E-state index contributed by atoms with van der Waals surface area (Å²) >= 11 is 0. The molecule has 0 fully saturated rings. The number of hydrogen-bond acceptors (Lipinski definition) is 5. The summed E-state index contributed by atoms with van der Waals surface area (Å²) in [7, 11) is 0. The van der Waals surface area contributed by atoms with Gasteiger partial charge in [-0.05, 0) is 70.6 Å². The van der Waals surface area contributed by atoms with Crippen molar-refractivity contribution >= 4 is 11.9 Å². The molecule has 3 atom stereocenters. The lowest BCUT2D eigenvalue weighted by Gasteiger charge is -2.24. The molecular formula is C51H89NO5. The van der Waals surface area contributed by atoms with Crippen LogP contribution in [0.15, 0.2) is 72.9 Å². The Bertz CT molecular complexity index is 1070. The van der Waals surface area contributed by atoms with Crippen molar-refractivity contribution in [1.82, 2.24) is 5.32 Å². The minimum atomic E-state index is -0.814. The molecule has 0 rings (SSSR count). The number of amides is 1. The summed E-state index contributed by atoms with van der Waals surface area (Å²) < 4.78 is 5.84. The van der Waals surface area contributed by atoms with Crippen molar-refractivity contribution in [3.8, 4) is 0 Å². The SMILES string of the molecule is CC/C=C\C/C=C\C/C=C\C/C=C\C/C=C\CC(CC(=O)NC(CO)C(O)CCCCCCCCCCC)OC(=O)CCCCC/C=C\CCCCCCCCC. The number of carbonyl (C=O) groups is 2. The van der Waals surface area contributed by atoms with Crippen molar-refractivity contribution in [1.29, 1.82) is 0 Å². The van der Waals surface area contributed by atoms with Crippen LogP contribution in [0.2, 0.25) is 0 Å². The van der Waals surface area contributed by atoms with E-state index in [0.29, 0.717) is 19.3 Å². The number of hydrogen-bond donors (Lipinski definition) is 3. The molecule has 0 spiro atoms. The number of unbranched alkanes of at least 4 members (excludes halogenated alkanes) is 18. The van der Waals surface area contributed by atoms with Crippen molar-refractivity contribution in [2.75, 3.05) is 6.61 Å². The Hall–Kier alpha value is -2.70. The first-order valence-electron chi connectivity index (χ1n) is 23.7. The predicted octanol–water partition coefficient (Wildman–Crippen LogP) is 13.8. The Morgan fingerprint density at radius 1 is 0.544 bits per heavy atom. The third-order valence-corrected chi connectivity index (χ3v) is 10.3. The van der Waals surface area contributed by atoms with Gasteiger partial charge in [0.05, 0.1) is 25.2 Å². The molecule has 0 bridgehead atoms. The molecule has 0 heterocycles. The lowest BCUT2D eigenvalue weighted by molar-refractivity contribution is -0.150. The van der Waals surface area contributed by atoms with Crippen LogP contribution >= 0.6 is 0 Å². The van der Waals surface area contributed by atoms with E-state index in [-0.39, 0.29) is 24.9 Å². The van der Waals surface area contributed by atoms with Gasteiger partial charge >= 0.3 is 5.97 Å². The van der Waals surface area contributed by atoms with Gasteiger partial charge in [0, 0.05) is 12.8 Å². The average Bonchev–Trinajstić information content (AvgIpc) is 3.20. The second-order valence-corrected chi connectivity index (χ2v) is 15.8. The molecule has 0 aromatic heterocycles. The topological polar surface area (TPSA) is 95.9 Å². The predicted molar refractivity (Wildman–Crippen MR) is 245 cm³/mol. The van der Waals surface area contributed by atoms with Gasteiger partial charge in [-0.3, -0.25) is 9.59 Å². The molecule has 0 aliphatic rings. The summed E-state index contributed by atoms with van der Waals surface area (Å²) in [6.07, 6.45) is 55.5. The Kier molecular flexibility index (Phi) is 42.3. The number of carbonyl (C=O) groups excluding carboxylic acids is 2. The second-order valence-electron chi connectivity index (χ2n) is 15.8. The molecule has 1 amide bonds. The van der Waals surface area contributed by atoms with Crippen LogP contribution < -0.4 is 5.32 Å². The Morgan fingerprint density at radius 3 is 1.47 bits per heavy atom. The second kappa shape index (κ2) is 44.4. The third kappa shape index (κ3) is 39.9. The fourth-order valence-electron chi connectivity index (χ4n) is 6.68. The lowest BCUT2D eigenvalue weighted by Crippen LogP contribution is -2.46. The van der Waals surface area contributed by atoms with E-state index in [9.17, 15) is 19.8 Å². The fraction of sp³-hybridized carbons (Fsp3) is 0.725. The van der Waals surface area contributed by atoms with Crippen LogP contribution in [-0.4, -0.2) is 46.9 Å². The van der Waals surface area contributed by atoms with Gasteiger partial charge in [-0.25, -0.2) is 0 Å². The Morgan fingerprint density at radius 2 is 0.982 bits per heavy atom. The molecule has 3 N–H and O–H groups in total. The van der Waals surface area contributed by atoms with E-state index in [4.69, 9.17) is 4.74 Å².